The molecule has 0 radical (unpaired) electrons. The van der Waals surface area contributed by atoms with Gasteiger partial charge in [0.2, 0.25) is 5.91 Å². The van der Waals surface area contributed by atoms with Crippen molar-refractivity contribution >= 4 is 17.6 Å². The Kier molecular flexibility index (Phi) is 7.37. The molecule has 2 aliphatic heterocycles. The van der Waals surface area contributed by atoms with Crippen molar-refractivity contribution in [2.24, 2.45) is 5.92 Å². The predicted molar refractivity (Wildman–Crippen MR) is 125 cm³/mol. The Morgan fingerprint density at radius 3 is 2.50 bits per heavy atom. The first-order valence-electron chi connectivity index (χ1n) is 11.6. The normalized spacial score (nSPS) is 19.6. The van der Waals surface area contributed by atoms with Crippen LogP contribution in [0.4, 0.5) is 5.82 Å². The number of anilines is 1. The number of hydrogen-bond donors (Lipinski definition) is 1. The van der Waals surface area contributed by atoms with Crippen LogP contribution < -0.4 is 10.2 Å². The van der Waals surface area contributed by atoms with E-state index in [1.807, 2.05) is 47.5 Å². The first kappa shape index (κ1) is 22.3. The van der Waals surface area contributed by atoms with E-state index in [1.54, 1.807) is 0 Å². The number of hydrogen-bond acceptors (Lipinski definition) is 5. The molecular formula is C25H33N5O2. The van der Waals surface area contributed by atoms with E-state index in [2.05, 4.69) is 26.2 Å². The predicted octanol–water partition coefficient (Wildman–Crippen LogP) is 2.39. The van der Waals surface area contributed by atoms with Crippen LogP contribution in [0.15, 0.2) is 48.7 Å². The molecule has 2 amide bonds. The van der Waals surface area contributed by atoms with Gasteiger partial charge in [0.15, 0.2) is 0 Å². The summed E-state index contributed by atoms with van der Waals surface area (Å²) in [6.07, 6.45) is 4.09. The summed E-state index contributed by atoms with van der Waals surface area (Å²) in [6.45, 7) is 8.77. The molecule has 0 bridgehead atoms. The van der Waals surface area contributed by atoms with Crippen molar-refractivity contribution in [1.82, 2.24) is 20.1 Å². The van der Waals surface area contributed by atoms with Crippen LogP contribution in [0, 0.1) is 5.92 Å². The van der Waals surface area contributed by atoms with Gasteiger partial charge in [0.1, 0.15) is 5.82 Å². The van der Waals surface area contributed by atoms with Gasteiger partial charge in [-0.15, -0.1) is 0 Å². The molecule has 4 rings (SSSR count). The van der Waals surface area contributed by atoms with Gasteiger partial charge in [-0.05, 0) is 48.6 Å². The second kappa shape index (κ2) is 10.6. The number of amides is 2. The third-order valence-electron chi connectivity index (χ3n) is 6.41. The molecule has 3 heterocycles. The number of carbonyl (C=O) groups excluding carboxylic acids is 2. The summed E-state index contributed by atoms with van der Waals surface area (Å²) in [6, 6.07) is 13.7. The van der Waals surface area contributed by atoms with Crippen LogP contribution in [0.25, 0.3) is 0 Å². The molecule has 1 N–H and O–H groups in total. The smallest absolute Gasteiger partial charge is 0.253 e. The Labute approximate surface area is 190 Å². The summed E-state index contributed by atoms with van der Waals surface area (Å²) >= 11 is 0. The fourth-order valence-electron chi connectivity index (χ4n) is 4.64. The van der Waals surface area contributed by atoms with E-state index in [-0.39, 0.29) is 11.8 Å². The monoisotopic (exact) mass is 435 g/mol. The Balaban J connectivity index is 1.26. The molecule has 2 fully saturated rings. The molecule has 1 aromatic heterocycles. The number of nitrogens with one attached hydrogen (secondary N) is 1. The van der Waals surface area contributed by atoms with Crippen molar-refractivity contribution < 1.29 is 9.59 Å². The Bertz CT molecular complexity index is 894. The zero-order valence-corrected chi connectivity index (χ0v) is 18.9. The highest BCUT2D eigenvalue weighted by Crippen LogP contribution is 2.21. The molecule has 1 aromatic carbocycles. The molecule has 7 heteroatoms. The van der Waals surface area contributed by atoms with Gasteiger partial charge < -0.3 is 15.1 Å². The number of aromatic nitrogens is 1. The molecule has 0 aliphatic carbocycles. The number of piperazine rings is 1. The van der Waals surface area contributed by atoms with E-state index in [4.69, 9.17) is 0 Å². The maximum absolute atomic E-state index is 13.0. The second-order valence-corrected chi connectivity index (χ2v) is 8.84. The number of piperidine rings is 1. The minimum atomic E-state index is -0.0531. The average molecular weight is 436 g/mol. The molecule has 2 aliphatic rings. The molecule has 0 spiro atoms. The first-order chi connectivity index (χ1) is 15.6. The molecule has 170 valence electrons. The topological polar surface area (TPSA) is 68.8 Å². The lowest BCUT2D eigenvalue weighted by atomic mass is 9.96. The Hall–Kier alpha value is -2.93. The summed E-state index contributed by atoms with van der Waals surface area (Å²) in [5, 5.41) is 2.78. The molecule has 2 saturated heterocycles. The molecule has 0 saturated carbocycles. The first-order valence-corrected chi connectivity index (χ1v) is 11.6. The average Bonchev–Trinajstić information content (AvgIpc) is 2.84. The minimum absolute atomic E-state index is 0.0531. The number of benzene rings is 1. The van der Waals surface area contributed by atoms with Crippen LogP contribution in [0.5, 0.6) is 0 Å². The zero-order chi connectivity index (χ0) is 22.3. The van der Waals surface area contributed by atoms with Crippen LogP contribution >= 0.6 is 0 Å². The van der Waals surface area contributed by atoms with Crippen molar-refractivity contribution in [1.29, 1.82) is 0 Å². The second-order valence-electron chi connectivity index (χ2n) is 8.84. The van der Waals surface area contributed by atoms with Crippen LogP contribution in [0.1, 0.15) is 35.7 Å². The van der Waals surface area contributed by atoms with E-state index in [0.717, 1.165) is 69.2 Å². The van der Waals surface area contributed by atoms with Crippen LogP contribution in [0.2, 0.25) is 0 Å². The van der Waals surface area contributed by atoms with Crippen molar-refractivity contribution in [2.75, 3.05) is 50.7 Å². The van der Waals surface area contributed by atoms with Gasteiger partial charge in [0.25, 0.3) is 5.91 Å². The van der Waals surface area contributed by atoms with E-state index in [1.165, 1.54) is 13.3 Å². The third-order valence-corrected chi connectivity index (χ3v) is 6.41. The Morgan fingerprint density at radius 1 is 1.03 bits per heavy atom. The molecular weight excluding hydrogens is 402 g/mol. The lowest BCUT2D eigenvalue weighted by molar-refractivity contribution is -0.119. The number of nitrogens with zero attached hydrogens (tertiary/aromatic N) is 4. The van der Waals surface area contributed by atoms with Crippen molar-refractivity contribution in [3.05, 3.63) is 59.8 Å². The standard InChI is InChI=1S/C25H33N5O2/c1-20(31)27-17-21-7-9-23(10-8-21)25(32)30-12-4-5-22(19-30)18-28-13-15-29(16-14-28)24-6-2-3-11-26-24/h2-3,6-11,22H,4-5,12-19H2,1H3,(H,27,31). The Morgan fingerprint density at radius 2 is 1.81 bits per heavy atom. The van der Waals surface area contributed by atoms with E-state index >= 15 is 0 Å². The highest BCUT2D eigenvalue weighted by atomic mass is 16.2. The van der Waals surface area contributed by atoms with Gasteiger partial charge in [0.05, 0.1) is 0 Å². The van der Waals surface area contributed by atoms with Crippen molar-refractivity contribution in [3.8, 4) is 0 Å². The van der Waals surface area contributed by atoms with Crippen LogP contribution in [0.3, 0.4) is 0 Å². The van der Waals surface area contributed by atoms with E-state index in [0.29, 0.717) is 12.5 Å². The highest BCUT2D eigenvalue weighted by Gasteiger charge is 2.27. The molecule has 1 unspecified atom stereocenters. The number of rotatable bonds is 6. The van der Waals surface area contributed by atoms with Gasteiger partial charge in [-0.1, -0.05) is 18.2 Å². The fraction of sp³-hybridized carbons (Fsp3) is 0.480. The number of pyridine rings is 1. The number of carbonyl (C=O) groups is 2. The largest absolute Gasteiger partial charge is 0.354 e. The summed E-state index contributed by atoms with van der Waals surface area (Å²) in [4.78, 5) is 35.5. The fourth-order valence-corrected chi connectivity index (χ4v) is 4.64. The summed E-state index contributed by atoms with van der Waals surface area (Å²) in [5.41, 5.74) is 1.72. The highest BCUT2D eigenvalue weighted by molar-refractivity contribution is 5.94. The molecule has 7 nitrogen and oxygen atoms in total. The summed E-state index contributed by atoms with van der Waals surface area (Å²) in [5.74, 6) is 1.64. The number of likely N-dealkylation sites (tertiary alicyclic amines) is 1. The SMILES string of the molecule is CC(=O)NCc1ccc(C(=O)N2CCCC(CN3CCN(c4ccccn4)CC3)C2)cc1. The zero-order valence-electron chi connectivity index (χ0n) is 18.9. The van der Waals surface area contributed by atoms with Gasteiger partial charge in [-0.25, -0.2) is 4.98 Å². The quantitative estimate of drug-likeness (QED) is 0.755. The lowest BCUT2D eigenvalue weighted by Gasteiger charge is -2.39. The maximum atomic E-state index is 13.0. The summed E-state index contributed by atoms with van der Waals surface area (Å²) < 4.78 is 0. The van der Waals surface area contributed by atoms with Crippen molar-refractivity contribution in [3.63, 3.8) is 0 Å². The van der Waals surface area contributed by atoms with E-state index < -0.39 is 0 Å². The lowest BCUT2D eigenvalue weighted by Crippen LogP contribution is -2.50. The van der Waals surface area contributed by atoms with Gasteiger partial charge >= 0.3 is 0 Å². The van der Waals surface area contributed by atoms with Gasteiger partial charge in [-0.2, -0.15) is 0 Å². The maximum Gasteiger partial charge on any atom is 0.253 e. The summed E-state index contributed by atoms with van der Waals surface area (Å²) in [7, 11) is 0. The molecule has 2 aromatic rings. The molecule has 1 atom stereocenters. The van der Waals surface area contributed by atoms with Gasteiger partial charge in [-0.3, -0.25) is 14.5 Å². The van der Waals surface area contributed by atoms with Crippen LogP contribution in [-0.4, -0.2) is 72.4 Å². The van der Waals surface area contributed by atoms with Gasteiger partial charge in [0, 0.05) is 71.0 Å². The minimum Gasteiger partial charge on any atom is -0.354 e. The molecule has 32 heavy (non-hydrogen) atoms. The van der Waals surface area contributed by atoms with Crippen LogP contribution in [-0.2, 0) is 11.3 Å². The van der Waals surface area contributed by atoms with E-state index in [9.17, 15) is 9.59 Å². The third kappa shape index (κ3) is 5.85. The van der Waals surface area contributed by atoms with Crippen molar-refractivity contribution in [2.45, 2.75) is 26.3 Å².